The summed E-state index contributed by atoms with van der Waals surface area (Å²) in [6.45, 7) is 7.86. The minimum absolute atomic E-state index is 0.137. The first kappa shape index (κ1) is 26.0. The molecule has 0 aliphatic heterocycles. The standard InChI is InChI=1S/C20H34O8/c1-5-9-10-13(6-2)19(7-3,8-4)11-14(21)16(17(24)25)20(28,18(26)27)12-15(22)23/h13,16,28H,5-12H2,1-4H3,(H,22,23)(H,24,25)(H,26,27). The summed E-state index contributed by atoms with van der Waals surface area (Å²) in [5.41, 5.74) is -3.73. The van der Waals surface area contributed by atoms with Gasteiger partial charge in [0.2, 0.25) is 0 Å². The van der Waals surface area contributed by atoms with Gasteiger partial charge in [0.1, 0.15) is 0 Å². The van der Waals surface area contributed by atoms with Crippen molar-refractivity contribution < 1.29 is 39.6 Å². The lowest BCUT2D eigenvalue weighted by Gasteiger charge is -2.40. The molecule has 0 saturated carbocycles. The lowest BCUT2D eigenvalue weighted by molar-refractivity contribution is -0.181. The highest BCUT2D eigenvalue weighted by Gasteiger charge is 2.55. The summed E-state index contributed by atoms with van der Waals surface area (Å²) >= 11 is 0. The highest BCUT2D eigenvalue weighted by Crippen LogP contribution is 2.45. The number of hydrogen-bond donors (Lipinski definition) is 4. The van der Waals surface area contributed by atoms with Gasteiger partial charge in [-0.2, -0.15) is 0 Å². The summed E-state index contributed by atoms with van der Waals surface area (Å²) in [5.74, 6) is -8.72. The van der Waals surface area contributed by atoms with Crippen LogP contribution in [0.5, 0.6) is 0 Å². The van der Waals surface area contributed by atoms with Crippen LogP contribution in [-0.4, -0.2) is 49.7 Å². The van der Waals surface area contributed by atoms with Gasteiger partial charge < -0.3 is 20.4 Å². The van der Waals surface area contributed by atoms with Crippen molar-refractivity contribution in [3.05, 3.63) is 0 Å². The molecule has 0 aliphatic rings. The third kappa shape index (κ3) is 6.02. The van der Waals surface area contributed by atoms with Crippen molar-refractivity contribution in [2.45, 2.75) is 84.7 Å². The van der Waals surface area contributed by atoms with E-state index in [-0.39, 0.29) is 12.3 Å². The van der Waals surface area contributed by atoms with Crippen molar-refractivity contribution >= 4 is 23.7 Å². The zero-order valence-electron chi connectivity index (χ0n) is 17.2. The average Bonchev–Trinajstić information content (AvgIpc) is 2.59. The van der Waals surface area contributed by atoms with Crippen molar-refractivity contribution in [1.29, 1.82) is 0 Å². The quantitative estimate of drug-likeness (QED) is 0.305. The smallest absolute Gasteiger partial charge is 0.337 e. The number of carbonyl (C=O) groups is 4. The van der Waals surface area contributed by atoms with Crippen LogP contribution in [-0.2, 0) is 19.2 Å². The molecular weight excluding hydrogens is 368 g/mol. The normalized spacial score (nSPS) is 16.0. The number of rotatable bonds is 15. The molecule has 0 aromatic heterocycles. The highest BCUT2D eigenvalue weighted by molar-refractivity contribution is 6.05. The number of unbranched alkanes of at least 4 members (excludes halogenated alkanes) is 1. The third-order valence-electron chi connectivity index (χ3n) is 6.04. The molecule has 162 valence electrons. The van der Waals surface area contributed by atoms with Gasteiger partial charge in [0.05, 0.1) is 6.42 Å². The molecule has 0 spiro atoms. The maximum Gasteiger partial charge on any atom is 0.337 e. The van der Waals surface area contributed by atoms with Gasteiger partial charge in [0.25, 0.3) is 0 Å². The first-order valence-electron chi connectivity index (χ1n) is 9.88. The Balaban J connectivity index is 6.02. The second-order valence-corrected chi connectivity index (χ2v) is 7.53. The van der Waals surface area contributed by atoms with Crippen LogP contribution in [0.3, 0.4) is 0 Å². The Morgan fingerprint density at radius 2 is 1.43 bits per heavy atom. The van der Waals surface area contributed by atoms with Crippen LogP contribution in [0, 0.1) is 17.3 Å². The predicted molar refractivity (Wildman–Crippen MR) is 102 cm³/mol. The van der Waals surface area contributed by atoms with E-state index in [9.17, 15) is 34.5 Å². The van der Waals surface area contributed by atoms with Gasteiger partial charge in [0, 0.05) is 6.42 Å². The fourth-order valence-corrected chi connectivity index (χ4v) is 4.20. The Morgan fingerprint density at radius 1 is 0.893 bits per heavy atom. The van der Waals surface area contributed by atoms with Crippen LogP contribution < -0.4 is 0 Å². The first-order valence-corrected chi connectivity index (χ1v) is 9.88. The zero-order valence-corrected chi connectivity index (χ0v) is 17.2. The maximum atomic E-state index is 12.9. The monoisotopic (exact) mass is 402 g/mol. The van der Waals surface area contributed by atoms with Gasteiger partial charge in [-0.15, -0.1) is 0 Å². The number of aliphatic carboxylic acids is 3. The SMILES string of the molecule is CCCCC(CC)C(CC)(CC)CC(=O)C(C(=O)O)C(O)(CC(=O)O)C(=O)O. The molecule has 0 aromatic carbocycles. The van der Waals surface area contributed by atoms with E-state index in [1.165, 1.54) is 0 Å². The number of carboxylic acid groups (broad SMARTS) is 3. The Hall–Kier alpha value is -1.96. The molecule has 28 heavy (non-hydrogen) atoms. The summed E-state index contributed by atoms with van der Waals surface area (Å²) < 4.78 is 0. The Bertz CT molecular complexity index is 567. The van der Waals surface area contributed by atoms with Gasteiger partial charge in [-0.05, 0) is 30.6 Å². The fourth-order valence-electron chi connectivity index (χ4n) is 4.20. The van der Waals surface area contributed by atoms with E-state index in [1.807, 2.05) is 20.8 Å². The number of hydrogen-bond acceptors (Lipinski definition) is 5. The topological polar surface area (TPSA) is 149 Å². The number of carboxylic acids is 3. The van der Waals surface area contributed by atoms with E-state index in [0.29, 0.717) is 12.8 Å². The molecule has 0 radical (unpaired) electrons. The average molecular weight is 402 g/mol. The molecule has 8 nitrogen and oxygen atoms in total. The molecule has 4 N–H and O–H groups in total. The summed E-state index contributed by atoms with van der Waals surface area (Å²) in [5, 5.41) is 38.1. The second-order valence-electron chi connectivity index (χ2n) is 7.53. The molecule has 0 amide bonds. The summed E-state index contributed by atoms with van der Waals surface area (Å²) in [6, 6.07) is 0. The van der Waals surface area contributed by atoms with Gasteiger partial charge >= 0.3 is 17.9 Å². The van der Waals surface area contributed by atoms with Crippen molar-refractivity contribution in [2.75, 3.05) is 0 Å². The second kappa shape index (κ2) is 11.1. The molecule has 0 aliphatic carbocycles. The molecule has 3 unspecified atom stereocenters. The summed E-state index contributed by atoms with van der Waals surface area (Å²) in [7, 11) is 0. The summed E-state index contributed by atoms with van der Waals surface area (Å²) in [4.78, 5) is 47.2. The zero-order chi connectivity index (χ0) is 22.1. The van der Waals surface area contributed by atoms with Crippen molar-refractivity contribution in [1.82, 2.24) is 0 Å². The molecule has 0 bridgehead atoms. The van der Waals surface area contributed by atoms with Gasteiger partial charge in [0.15, 0.2) is 17.3 Å². The predicted octanol–water partition coefficient (Wildman–Crippen LogP) is 2.96. The minimum Gasteiger partial charge on any atom is -0.481 e. The van der Waals surface area contributed by atoms with E-state index in [1.54, 1.807) is 0 Å². The molecule has 3 atom stereocenters. The summed E-state index contributed by atoms with van der Waals surface area (Å²) in [6.07, 6.45) is 3.17. The van der Waals surface area contributed by atoms with Crippen LogP contribution >= 0.6 is 0 Å². The number of Topliss-reactive ketones (excluding diaryl/α,β-unsaturated/α-hetero) is 1. The molecule has 0 rings (SSSR count). The maximum absolute atomic E-state index is 12.9. The van der Waals surface area contributed by atoms with Crippen LogP contribution in [0.2, 0.25) is 0 Å². The Kier molecular flexibility index (Phi) is 10.4. The van der Waals surface area contributed by atoms with Crippen molar-refractivity contribution in [2.24, 2.45) is 17.3 Å². The van der Waals surface area contributed by atoms with Gasteiger partial charge in [-0.1, -0.05) is 47.0 Å². The van der Waals surface area contributed by atoms with E-state index in [4.69, 9.17) is 5.11 Å². The van der Waals surface area contributed by atoms with Crippen LogP contribution in [0.4, 0.5) is 0 Å². The van der Waals surface area contributed by atoms with Crippen LogP contribution in [0.15, 0.2) is 0 Å². The third-order valence-corrected chi connectivity index (χ3v) is 6.04. The van der Waals surface area contributed by atoms with Gasteiger partial charge in [-0.25, -0.2) is 4.79 Å². The van der Waals surface area contributed by atoms with E-state index in [2.05, 4.69) is 6.92 Å². The molecule has 0 fully saturated rings. The van der Waals surface area contributed by atoms with E-state index < -0.39 is 47.0 Å². The lowest BCUT2D eigenvalue weighted by Crippen LogP contribution is -2.54. The van der Waals surface area contributed by atoms with Crippen molar-refractivity contribution in [3.63, 3.8) is 0 Å². The van der Waals surface area contributed by atoms with Crippen molar-refractivity contribution in [3.8, 4) is 0 Å². The fraction of sp³-hybridized carbons (Fsp3) is 0.800. The molecule has 0 aromatic rings. The molecule has 0 heterocycles. The van der Waals surface area contributed by atoms with Crippen LogP contribution in [0.25, 0.3) is 0 Å². The van der Waals surface area contributed by atoms with Gasteiger partial charge in [-0.3, -0.25) is 14.4 Å². The molecular formula is C20H34O8. The molecule has 8 heteroatoms. The number of carbonyl (C=O) groups excluding carboxylic acids is 1. The van der Waals surface area contributed by atoms with Crippen LogP contribution in [0.1, 0.15) is 79.1 Å². The Morgan fingerprint density at radius 3 is 1.75 bits per heavy atom. The number of aliphatic hydroxyl groups is 1. The number of ketones is 1. The minimum atomic E-state index is -3.20. The Labute approximate surface area is 165 Å². The van der Waals surface area contributed by atoms with E-state index in [0.717, 1.165) is 25.7 Å². The van der Waals surface area contributed by atoms with E-state index >= 15 is 0 Å². The highest BCUT2D eigenvalue weighted by atomic mass is 16.4. The molecule has 0 saturated heterocycles. The lowest BCUT2D eigenvalue weighted by atomic mass is 9.63. The first-order chi connectivity index (χ1) is 12.9. The largest absolute Gasteiger partial charge is 0.481 e.